The average molecular weight is 528 g/mol. The van der Waals surface area contributed by atoms with E-state index in [2.05, 4.69) is 5.32 Å². The van der Waals surface area contributed by atoms with Crippen molar-refractivity contribution in [2.75, 3.05) is 32.8 Å². The molecule has 38 heavy (non-hydrogen) atoms. The fourth-order valence-electron chi connectivity index (χ4n) is 5.51. The van der Waals surface area contributed by atoms with Crippen molar-refractivity contribution in [1.29, 1.82) is 0 Å². The monoisotopic (exact) mass is 527 g/mol. The number of halogens is 2. The van der Waals surface area contributed by atoms with E-state index in [0.717, 1.165) is 30.5 Å². The number of benzene rings is 2. The van der Waals surface area contributed by atoms with Crippen LogP contribution >= 0.6 is 0 Å². The van der Waals surface area contributed by atoms with Gasteiger partial charge in [-0.3, -0.25) is 19.3 Å². The number of rotatable bonds is 5. The number of nitrogens with zero attached hydrogens (tertiary/aromatic N) is 2. The molecule has 2 aromatic carbocycles. The van der Waals surface area contributed by atoms with Crippen molar-refractivity contribution in [3.05, 3.63) is 70.8 Å². The number of nitrogens with one attached hydrogen (secondary N) is 1. The van der Waals surface area contributed by atoms with E-state index in [1.54, 1.807) is 18.2 Å². The Morgan fingerprint density at radius 1 is 1.08 bits per heavy atom. The molecule has 2 aromatic rings. The fourth-order valence-corrected chi connectivity index (χ4v) is 5.51. The maximum Gasteiger partial charge on any atom is 0.256 e. The van der Waals surface area contributed by atoms with Gasteiger partial charge in [-0.25, -0.2) is 8.78 Å². The molecule has 3 saturated heterocycles. The topological polar surface area (TPSA) is 88.2 Å². The minimum Gasteiger partial charge on any atom is -0.376 e. The van der Waals surface area contributed by atoms with Crippen molar-refractivity contribution < 1.29 is 32.6 Å². The van der Waals surface area contributed by atoms with Crippen molar-refractivity contribution in [2.45, 2.75) is 50.5 Å². The third-order valence-corrected chi connectivity index (χ3v) is 7.57. The number of amides is 3. The van der Waals surface area contributed by atoms with Crippen LogP contribution in [0.2, 0.25) is 0 Å². The average Bonchev–Trinajstić information content (AvgIpc) is 3.55. The second-order valence-corrected chi connectivity index (χ2v) is 10.1. The summed E-state index contributed by atoms with van der Waals surface area (Å²) < 4.78 is 39.4. The smallest absolute Gasteiger partial charge is 0.256 e. The van der Waals surface area contributed by atoms with Gasteiger partial charge in [-0.05, 0) is 44.0 Å². The summed E-state index contributed by atoms with van der Waals surface area (Å²) in [6, 6.07) is 9.16. The number of carbonyl (C=O) groups is 3. The van der Waals surface area contributed by atoms with Crippen LogP contribution in [-0.4, -0.2) is 78.2 Å². The van der Waals surface area contributed by atoms with Crippen LogP contribution in [0.15, 0.2) is 42.5 Å². The summed E-state index contributed by atoms with van der Waals surface area (Å²) in [6.45, 7) is 3.30. The summed E-state index contributed by atoms with van der Waals surface area (Å²) in [5.74, 6) is -2.88. The van der Waals surface area contributed by atoms with Gasteiger partial charge < -0.3 is 19.7 Å². The first-order valence-electron chi connectivity index (χ1n) is 13.0. The Bertz CT molecular complexity index is 1220. The first-order chi connectivity index (χ1) is 18.3. The summed E-state index contributed by atoms with van der Waals surface area (Å²) in [5.41, 5.74) is 0.0451. The predicted octanol–water partition coefficient (Wildman–Crippen LogP) is 3.04. The highest BCUT2D eigenvalue weighted by molar-refractivity contribution is 5.99. The summed E-state index contributed by atoms with van der Waals surface area (Å²) in [4.78, 5) is 43.1. The molecule has 3 amide bonds. The summed E-state index contributed by atoms with van der Waals surface area (Å²) in [7, 11) is 0. The second kappa shape index (κ2) is 10.8. The van der Waals surface area contributed by atoms with E-state index < -0.39 is 29.3 Å². The van der Waals surface area contributed by atoms with Crippen LogP contribution in [0.25, 0.3) is 0 Å². The highest BCUT2D eigenvalue weighted by atomic mass is 19.1. The van der Waals surface area contributed by atoms with E-state index in [9.17, 15) is 23.2 Å². The van der Waals surface area contributed by atoms with Gasteiger partial charge in [0.2, 0.25) is 5.91 Å². The van der Waals surface area contributed by atoms with Crippen LogP contribution in [-0.2, 0) is 14.3 Å². The van der Waals surface area contributed by atoms with Crippen molar-refractivity contribution in [3.63, 3.8) is 0 Å². The molecule has 2 atom stereocenters. The van der Waals surface area contributed by atoms with Crippen molar-refractivity contribution in [2.24, 2.45) is 0 Å². The molecule has 2 unspecified atom stereocenters. The van der Waals surface area contributed by atoms with E-state index in [0.29, 0.717) is 24.8 Å². The highest BCUT2D eigenvalue weighted by Crippen LogP contribution is 2.39. The molecule has 0 saturated carbocycles. The van der Waals surface area contributed by atoms with Gasteiger partial charge >= 0.3 is 0 Å². The lowest BCUT2D eigenvalue weighted by atomic mass is 9.95. The summed E-state index contributed by atoms with van der Waals surface area (Å²) >= 11 is 0. The molecule has 10 heteroatoms. The lowest BCUT2D eigenvalue weighted by molar-refractivity contribution is -0.128. The summed E-state index contributed by atoms with van der Waals surface area (Å²) in [6.07, 6.45) is 2.27. The largest absolute Gasteiger partial charge is 0.376 e. The zero-order valence-corrected chi connectivity index (χ0v) is 21.3. The highest BCUT2D eigenvalue weighted by Gasteiger charge is 2.54. The molecule has 0 aliphatic carbocycles. The van der Waals surface area contributed by atoms with E-state index in [1.807, 2.05) is 13.0 Å². The van der Waals surface area contributed by atoms with Crippen LogP contribution in [0.1, 0.15) is 52.0 Å². The minimum absolute atomic E-state index is 0.0233. The van der Waals surface area contributed by atoms with Gasteiger partial charge in [0.1, 0.15) is 23.4 Å². The normalized spacial score (nSPS) is 22.6. The van der Waals surface area contributed by atoms with Gasteiger partial charge in [0.25, 0.3) is 11.8 Å². The van der Waals surface area contributed by atoms with Gasteiger partial charge in [0, 0.05) is 50.7 Å². The third-order valence-electron chi connectivity index (χ3n) is 7.57. The molecule has 1 N–H and O–H groups in total. The van der Waals surface area contributed by atoms with Gasteiger partial charge in [-0.15, -0.1) is 0 Å². The molecule has 5 rings (SSSR count). The molecular formula is C28H31F2N3O5. The van der Waals surface area contributed by atoms with Crippen LogP contribution in [0.4, 0.5) is 8.78 Å². The van der Waals surface area contributed by atoms with E-state index in [1.165, 1.54) is 9.80 Å². The van der Waals surface area contributed by atoms with Gasteiger partial charge in [0.15, 0.2) is 0 Å². The number of ether oxygens (including phenoxy) is 2. The Hall–Kier alpha value is -3.37. The Kier molecular flexibility index (Phi) is 7.45. The molecule has 0 radical (unpaired) electrons. The first kappa shape index (κ1) is 26.2. The minimum atomic E-state index is -1.09. The van der Waals surface area contributed by atoms with Gasteiger partial charge in [0.05, 0.1) is 18.3 Å². The second-order valence-electron chi connectivity index (χ2n) is 10.1. The quantitative estimate of drug-likeness (QED) is 0.646. The van der Waals surface area contributed by atoms with Crippen LogP contribution in [0, 0.1) is 18.6 Å². The lowest BCUT2D eigenvalue weighted by Crippen LogP contribution is -2.60. The van der Waals surface area contributed by atoms with Crippen LogP contribution < -0.4 is 5.32 Å². The van der Waals surface area contributed by atoms with Crippen molar-refractivity contribution in [3.8, 4) is 0 Å². The van der Waals surface area contributed by atoms with Crippen molar-refractivity contribution >= 4 is 17.7 Å². The molecule has 1 spiro atoms. The van der Waals surface area contributed by atoms with E-state index in [-0.39, 0.29) is 56.0 Å². The molecule has 0 bridgehead atoms. The van der Waals surface area contributed by atoms with Crippen LogP contribution in [0.3, 0.4) is 0 Å². The summed E-state index contributed by atoms with van der Waals surface area (Å²) in [5, 5.41) is 2.92. The Morgan fingerprint density at radius 2 is 1.87 bits per heavy atom. The molecule has 202 valence electrons. The Morgan fingerprint density at radius 3 is 2.55 bits per heavy atom. The molecule has 3 aliphatic heterocycles. The zero-order valence-electron chi connectivity index (χ0n) is 21.3. The standard InChI is InChI=1S/C28H31F2N3O5/c1-18-4-2-5-19(14-18)26(35)33-24(25(34)31-16-21-6-3-13-37-21)17-38-28(33)9-11-32(12-10-28)27(36)22-8-7-20(29)15-23(22)30/h2,4-5,7-8,14-15,21,24H,3,6,9-13,16-17H2,1H3,(H,31,34). The van der Waals surface area contributed by atoms with Crippen molar-refractivity contribution in [1.82, 2.24) is 15.1 Å². The maximum atomic E-state index is 14.2. The first-order valence-corrected chi connectivity index (χ1v) is 13.0. The van der Waals surface area contributed by atoms with Crippen LogP contribution in [0.5, 0.6) is 0 Å². The molecule has 3 aliphatic rings. The number of aryl methyl sites for hydroxylation is 1. The fraction of sp³-hybridized carbons (Fsp3) is 0.464. The number of likely N-dealkylation sites (tertiary alicyclic amines) is 1. The molecule has 0 aromatic heterocycles. The maximum absolute atomic E-state index is 14.2. The number of carbonyl (C=O) groups excluding carboxylic acids is 3. The van der Waals surface area contributed by atoms with E-state index >= 15 is 0 Å². The molecular weight excluding hydrogens is 496 g/mol. The molecule has 3 fully saturated rings. The zero-order chi connectivity index (χ0) is 26.9. The predicted molar refractivity (Wildman–Crippen MR) is 133 cm³/mol. The van der Waals surface area contributed by atoms with E-state index in [4.69, 9.17) is 9.47 Å². The number of piperidine rings is 1. The Balaban J connectivity index is 1.35. The number of hydrogen-bond acceptors (Lipinski definition) is 5. The SMILES string of the molecule is Cc1cccc(C(=O)N2C(C(=O)NCC3CCCO3)COC23CCN(C(=O)c2ccc(F)cc2F)CC3)c1. The van der Waals surface area contributed by atoms with Gasteiger partial charge in [-0.2, -0.15) is 0 Å². The molecule has 3 heterocycles. The third kappa shape index (κ3) is 5.15. The number of hydrogen-bond donors (Lipinski definition) is 1. The Labute approximate surface area is 219 Å². The molecule has 8 nitrogen and oxygen atoms in total. The lowest BCUT2D eigenvalue weighted by Gasteiger charge is -2.44. The van der Waals surface area contributed by atoms with Gasteiger partial charge in [-0.1, -0.05) is 17.7 Å².